The highest BCUT2D eigenvalue weighted by atomic mass is 16.5. The molecule has 2 heterocycles. The first-order chi connectivity index (χ1) is 12.7. The van der Waals surface area contributed by atoms with Crippen LogP contribution in [0.25, 0.3) is 0 Å². The van der Waals surface area contributed by atoms with E-state index in [-0.39, 0.29) is 12.0 Å². The number of benzene rings is 1. The van der Waals surface area contributed by atoms with E-state index in [0.29, 0.717) is 19.2 Å². The number of nitrogens with zero attached hydrogens (tertiary/aromatic N) is 1. The zero-order valence-corrected chi connectivity index (χ0v) is 16.0. The maximum atomic E-state index is 12.1. The smallest absolute Gasteiger partial charge is 0.320 e. The van der Waals surface area contributed by atoms with Crippen LogP contribution in [0.4, 0.5) is 0 Å². The lowest BCUT2D eigenvalue weighted by molar-refractivity contribution is -0.145. The van der Waals surface area contributed by atoms with Crippen LogP contribution in [-0.2, 0) is 16.0 Å². The van der Waals surface area contributed by atoms with E-state index < -0.39 is 0 Å². The summed E-state index contributed by atoms with van der Waals surface area (Å²) in [6, 6.07) is 4.65. The lowest BCUT2D eigenvalue weighted by Crippen LogP contribution is -2.50. The predicted octanol–water partition coefficient (Wildman–Crippen LogP) is 2.31. The minimum atomic E-state index is -0.155. The van der Waals surface area contributed by atoms with Gasteiger partial charge in [0.15, 0.2) is 11.5 Å². The first kappa shape index (κ1) is 19.0. The second kappa shape index (κ2) is 8.73. The number of carbonyl (C=O) groups excluding carboxylic acids is 1. The fourth-order valence-corrected chi connectivity index (χ4v) is 4.20. The Morgan fingerprint density at radius 1 is 1.23 bits per heavy atom. The van der Waals surface area contributed by atoms with E-state index in [1.165, 1.54) is 24.0 Å². The van der Waals surface area contributed by atoms with Crippen molar-refractivity contribution in [3.05, 3.63) is 23.3 Å². The van der Waals surface area contributed by atoms with Crippen LogP contribution in [0.2, 0.25) is 0 Å². The minimum absolute atomic E-state index is 0.142. The first-order valence-corrected chi connectivity index (χ1v) is 9.55. The molecule has 0 saturated carbocycles. The van der Waals surface area contributed by atoms with Crippen molar-refractivity contribution < 1.29 is 19.0 Å². The molecule has 2 unspecified atom stereocenters. The Balaban J connectivity index is 1.95. The van der Waals surface area contributed by atoms with Gasteiger partial charge in [-0.15, -0.1) is 0 Å². The Hall–Kier alpha value is -1.79. The van der Waals surface area contributed by atoms with Crippen LogP contribution in [0.3, 0.4) is 0 Å². The molecule has 6 heteroatoms. The maximum absolute atomic E-state index is 12.1. The van der Waals surface area contributed by atoms with Gasteiger partial charge >= 0.3 is 5.97 Å². The molecule has 1 aromatic carbocycles. The van der Waals surface area contributed by atoms with Gasteiger partial charge in [0.05, 0.1) is 33.4 Å². The number of carbonyl (C=O) groups is 1. The summed E-state index contributed by atoms with van der Waals surface area (Å²) in [6.07, 6.45) is 4.42. The molecule has 2 atom stereocenters. The molecule has 1 N–H and O–H groups in total. The zero-order valence-electron chi connectivity index (χ0n) is 16.0. The Labute approximate surface area is 155 Å². The van der Waals surface area contributed by atoms with Crippen molar-refractivity contribution in [1.29, 1.82) is 0 Å². The van der Waals surface area contributed by atoms with Crippen molar-refractivity contribution in [2.75, 3.05) is 40.5 Å². The Morgan fingerprint density at radius 2 is 2.00 bits per heavy atom. The molecule has 0 amide bonds. The molecule has 1 aromatic rings. The van der Waals surface area contributed by atoms with Crippen molar-refractivity contribution >= 4 is 5.97 Å². The van der Waals surface area contributed by atoms with E-state index in [0.717, 1.165) is 37.4 Å². The second-order valence-corrected chi connectivity index (χ2v) is 6.93. The van der Waals surface area contributed by atoms with Crippen molar-refractivity contribution in [1.82, 2.24) is 10.2 Å². The molecule has 0 aliphatic carbocycles. The summed E-state index contributed by atoms with van der Waals surface area (Å²) < 4.78 is 16.2. The third-order valence-electron chi connectivity index (χ3n) is 5.39. The van der Waals surface area contributed by atoms with Gasteiger partial charge < -0.3 is 19.5 Å². The summed E-state index contributed by atoms with van der Waals surface area (Å²) in [4.78, 5) is 14.4. The van der Waals surface area contributed by atoms with Crippen molar-refractivity contribution in [3.8, 4) is 11.5 Å². The number of hydrogen-bond acceptors (Lipinski definition) is 6. The number of rotatable bonds is 6. The van der Waals surface area contributed by atoms with Crippen LogP contribution in [0, 0.1) is 0 Å². The zero-order chi connectivity index (χ0) is 18.5. The van der Waals surface area contributed by atoms with Gasteiger partial charge in [-0.05, 0) is 56.0 Å². The van der Waals surface area contributed by atoms with Gasteiger partial charge in [0.25, 0.3) is 0 Å². The molecule has 1 saturated heterocycles. The van der Waals surface area contributed by atoms with Gasteiger partial charge in [-0.2, -0.15) is 0 Å². The van der Waals surface area contributed by atoms with E-state index >= 15 is 0 Å². The van der Waals surface area contributed by atoms with Gasteiger partial charge in [0.1, 0.15) is 0 Å². The van der Waals surface area contributed by atoms with E-state index in [9.17, 15) is 4.79 Å². The summed E-state index contributed by atoms with van der Waals surface area (Å²) in [5, 5.41) is 3.67. The monoisotopic (exact) mass is 362 g/mol. The fraction of sp³-hybridized carbons (Fsp3) is 0.650. The minimum Gasteiger partial charge on any atom is -0.493 e. The van der Waals surface area contributed by atoms with Gasteiger partial charge in [-0.1, -0.05) is 6.42 Å². The molecule has 144 valence electrons. The Bertz CT molecular complexity index is 628. The van der Waals surface area contributed by atoms with E-state index in [1.54, 1.807) is 14.2 Å². The van der Waals surface area contributed by atoms with Gasteiger partial charge in [0.2, 0.25) is 0 Å². The largest absolute Gasteiger partial charge is 0.493 e. The average Bonchev–Trinajstić information content (AvgIpc) is 2.67. The highest BCUT2D eigenvalue weighted by molar-refractivity contribution is 5.71. The quantitative estimate of drug-likeness (QED) is 0.784. The van der Waals surface area contributed by atoms with Gasteiger partial charge in [0, 0.05) is 12.6 Å². The lowest BCUT2D eigenvalue weighted by atomic mass is 9.84. The third-order valence-corrected chi connectivity index (χ3v) is 5.39. The topological polar surface area (TPSA) is 60.0 Å². The molecule has 1 fully saturated rings. The van der Waals surface area contributed by atoms with Crippen LogP contribution < -0.4 is 14.8 Å². The molecular formula is C20H30N2O4. The van der Waals surface area contributed by atoms with E-state index in [1.807, 2.05) is 6.92 Å². The summed E-state index contributed by atoms with van der Waals surface area (Å²) in [7, 11) is 3.33. The number of hydrogen-bond donors (Lipinski definition) is 1. The van der Waals surface area contributed by atoms with Crippen LogP contribution in [0.15, 0.2) is 12.1 Å². The second-order valence-electron chi connectivity index (χ2n) is 6.93. The van der Waals surface area contributed by atoms with E-state index in [4.69, 9.17) is 14.2 Å². The van der Waals surface area contributed by atoms with Crippen LogP contribution in [-0.4, -0.2) is 57.4 Å². The van der Waals surface area contributed by atoms with Crippen molar-refractivity contribution in [2.24, 2.45) is 0 Å². The fourth-order valence-electron chi connectivity index (χ4n) is 4.20. The SMILES string of the molecule is CCOC(=O)CN1CCc2cc(OC)c(OC)cc2C1C1CCCCN1. The predicted molar refractivity (Wildman–Crippen MR) is 99.8 cm³/mol. The van der Waals surface area contributed by atoms with Crippen LogP contribution in [0.5, 0.6) is 11.5 Å². The molecular weight excluding hydrogens is 332 g/mol. The van der Waals surface area contributed by atoms with Gasteiger partial charge in [-0.25, -0.2) is 0 Å². The van der Waals surface area contributed by atoms with Crippen LogP contribution in [0.1, 0.15) is 43.4 Å². The molecule has 26 heavy (non-hydrogen) atoms. The Morgan fingerprint density at radius 3 is 2.65 bits per heavy atom. The molecule has 0 radical (unpaired) electrons. The molecule has 0 spiro atoms. The molecule has 2 aliphatic rings. The number of ether oxygens (including phenoxy) is 3. The number of fused-ring (bicyclic) bond motifs is 1. The lowest BCUT2D eigenvalue weighted by Gasteiger charge is -2.43. The summed E-state index contributed by atoms with van der Waals surface area (Å²) in [5.41, 5.74) is 2.51. The van der Waals surface area contributed by atoms with Crippen LogP contribution >= 0.6 is 0 Å². The first-order valence-electron chi connectivity index (χ1n) is 9.55. The summed E-state index contributed by atoms with van der Waals surface area (Å²) in [5.74, 6) is 1.35. The van der Waals surface area contributed by atoms with Crippen molar-refractivity contribution in [2.45, 2.75) is 44.7 Å². The molecule has 3 rings (SSSR count). The normalized spacial score (nSPS) is 23.2. The highest BCUT2D eigenvalue weighted by Gasteiger charge is 2.36. The number of methoxy groups -OCH3 is 2. The third kappa shape index (κ3) is 3.96. The standard InChI is InChI=1S/C20H30N2O4/c1-4-26-19(23)13-22-10-8-14-11-17(24-2)18(25-3)12-15(14)20(22)16-7-5-6-9-21-16/h11-12,16,20-21H,4-10,13H2,1-3H3. The molecule has 2 aliphatic heterocycles. The van der Waals surface area contributed by atoms with E-state index in [2.05, 4.69) is 22.3 Å². The van der Waals surface area contributed by atoms with Crippen molar-refractivity contribution in [3.63, 3.8) is 0 Å². The average molecular weight is 362 g/mol. The molecule has 0 bridgehead atoms. The number of nitrogens with one attached hydrogen (secondary N) is 1. The van der Waals surface area contributed by atoms with Gasteiger partial charge in [-0.3, -0.25) is 9.69 Å². The summed E-state index contributed by atoms with van der Waals surface area (Å²) >= 11 is 0. The number of esters is 1. The Kier molecular flexibility index (Phi) is 6.38. The molecule has 0 aromatic heterocycles. The maximum Gasteiger partial charge on any atom is 0.320 e. The summed E-state index contributed by atoms with van der Waals surface area (Å²) in [6.45, 7) is 4.45. The highest BCUT2D eigenvalue weighted by Crippen LogP contribution is 2.40. The number of piperidine rings is 1. The molecule has 6 nitrogen and oxygen atoms in total.